The molecule has 2 aromatic rings. The van der Waals surface area contributed by atoms with E-state index in [0.717, 1.165) is 11.3 Å². The van der Waals surface area contributed by atoms with Crippen LogP contribution >= 0.6 is 11.3 Å². The van der Waals surface area contributed by atoms with E-state index in [2.05, 4.69) is 31.3 Å². The zero-order valence-electron chi connectivity index (χ0n) is 11.1. The number of anilines is 1. The molecule has 1 aromatic carbocycles. The van der Waals surface area contributed by atoms with Crippen LogP contribution in [0, 0.1) is 24.0 Å². The summed E-state index contributed by atoms with van der Waals surface area (Å²) in [5.41, 5.74) is 1.95. The zero-order valence-corrected chi connectivity index (χ0v) is 12.0. The van der Waals surface area contributed by atoms with E-state index >= 15 is 0 Å². The van der Waals surface area contributed by atoms with Gasteiger partial charge in [0.15, 0.2) is 0 Å². The summed E-state index contributed by atoms with van der Waals surface area (Å²) >= 11 is 1.76. The molecule has 2 rings (SSSR count). The predicted molar refractivity (Wildman–Crippen MR) is 78.9 cm³/mol. The third-order valence-corrected chi connectivity index (χ3v) is 4.16. The highest BCUT2D eigenvalue weighted by molar-refractivity contribution is 7.12. The van der Waals surface area contributed by atoms with Crippen LogP contribution < -0.4 is 5.32 Å². The first-order valence-corrected chi connectivity index (χ1v) is 6.87. The highest BCUT2D eigenvalue weighted by Gasteiger charge is 2.11. The first-order valence-electron chi connectivity index (χ1n) is 6.05. The van der Waals surface area contributed by atoms with Crippen molar-refractivity contribution >= 4 is 22.7 Å². The standard InChI is InChI=1S/C14H16N2O2S/c1-9-8-12(16(17)18)5-6-13(9)15-11(3)14-7-4-10(2)19-14/h4-8,11,15H,1-3H3. The fourth-order valence-electron chi connectivity index (χ4n) is 1.91. The molecule has 1 atom stereocenters. The fraction of sp³-hybridized carbons (Fsp3) is 0.286. The van der Waals surface area contributed by atoms with Gasteiger partial charge in [-0.15, -0.1) is 11.3 Å². The maximum atomic E-state index is 10.7. The lowest BCUT2D eigenvalue weighted by atomic mass is 10.1. The predicted octanol–water partition coefficient (Wildman–Crippen LogP) is 4.45. The number of nitro benzene ring substituents is 1. The molecule has 0 radical (unpaired) electrons. The minimum absolute atomic E-state index is 0.127. The van der Waals surface area contributed by atoms with Crippen molar-refractivity contribution in [3.8, 4) is 0 Å². The van der Waals surface area contributed by atoms with Gasteiger partial charge in [-0.05, 0) is 44.5 Å². The second kappa shape index (κ2) is 5.40. The minimum atomic E-state index is -0.372. The summed E-state index contributed by atoms with van der Waals surface area (Å²) in [6.45, 7) is 6.05. The van der Waals surface area contributed by atoms with Crippen LogP contribution in [-0.4, -0.2) is 4.92 Å². The van der Waals surface area contributed by atoms with E-state index in [1.165, 1.54) is 15.8 Å². The summed E-state index contributed by atoms with van der Waals surface area (Å²) in [6, 6.07) is 9.29. The molecular weight excluding hydrogens is 260 g/mol. The topological polar surface area (TPSA) is 55.2 Å². The number of hydrogen-bond donors (Lipinski definition) is 1. The molecule has 0 amide bonds. The zero-order chi connectivity index (χ0) is 14.0. The molecule has 1 heterocycles. The molecule has 1 aromatic heterocycles. The van der Waals surface area contributed by atoms with Gasteiger partial charge >= 0.3 is 0 Å². The molecular formula is C14H16N2O2S. The van der Waals surface area contributed by atoms with E-state index in [1.807, 2.05) is 6.92 Å². The summed E-state index contributed by atoms with van der Waals surface area (Å²) < 4.78 is 0. The Labute approximate surface area is 116 Å². The SMILES string of the molecule is Cc1ccc(C(C)Nc2ccc([N+](=O)[O-])cc2C)s1. The van der Waals surface area contributed by atoms with Crippen molar-refractivity contribution in [1.29, 1.82) is 0 Å². The summed E-state index contributed by atoms with van der Waals surface area (Å²) in [5, 5.41) is 14.1. The molecule has 4 nitrogen and oxygen atoms in total. The third kappa shape index (κ3) is 3.12. The Morgan fingerprint density at radius 3 is 2.53 bits per heavy atom. The average molecular weight is 276 g/mol. The number of non-ortho nitro benzene ring substituents is 1. The van der Waals surface area contributed by atoms with Crippen molar-refractivity contribution in [2.45, 2.75) is 26.8 Å². The number of nitrogens with one attached hydrogen (secondary N) is 1. The van der Waals surface area contributed by atoms with E-state index in [1.54, 1.807) is 23.5 Å². The first kappa shape index (κ1) is 13.5. The second-order valence-electron chi connectivity index (χ2n) is 4.57. The highest BCUT2D eigenvalue weighted by Crippen LogP contribution is 2.28. The van der Waals surface area contributed by atoms with Crippen LogP contribution in [0.15, 0.2) is 30.3 Å². The molecule has 0 aliphatic heterocycles. The van der Waals surface area contributed by atoms with E-state index in [0.29, 0.717) is 0 Å². The normalized spacial score (nSPS) is 12.2. The van der Waals surface area contributed by atoms with Crippen molar-refractivity contribution < 1.29 is 4.92 Å². The van der Waals surface area contributed by atoms with Gasteiger partial charge in [-0.3, -0.25) is 10.1 Å². The lowest BCUT2D eigenvalue weighted by molar-refractivity contribution is -0.384. The summed E-state index contributed by atoms with van der Waals surface area (Å²) in [5.74, 6) is 0. The number of hydrogen-bond acceptors (Lipinski definition) is 4. The van der Waals surface area contributed by atoms with Crippen LogP contribution in [0.1, 0.15) is 28.3 Å². The molecule has 5 heteroatoms. The van der Waals surface area contributed by atoms with E-state index < -0.39 is 0 Å². The van der Waals surface area contributed by atoms with E-state index in [-0.39, 0.29) is 16.7 Å². The van der Waals surface area contributed by atoms with Gasteiger partial charge in [-0.2, -0.15) is 0 Å². The summed E-state index contributed by atoms with van der Waals surface area (Å²) in [7, 11) is 0. The molecule has 0 spiro atoms. The van der Waals surface area contributed by atoms with Crippen LogP contribution in [0.5, 0.6) is 0 Å². The fourth-order valence-corrected chi connectivity index (χ4v) is 2.79. The van der Waals surface area contributed by atoms with Gasteiger partial charge in [0.25, 0.3) is 5.69 Å². The highest BCUT2D eigenvalue weighted by atomic mass is 32.1. The van der Waals surface area contributed by atoms with Crippen molar-refractivity contribution in [3.05, 3.63) is 55.8 Å². The molecule has 100 valence electrons. The quantitative estimate of drug-likeness (QED) is 0.663. The maximum Gasteiger partial charge on any atom is 0.269 e. The van der Waals surface area contributed by atoms with Crippen molar-refractivity contribution in [2.24, 2.45) is 0 Å². The Hall–Kier alpha value is -1.88. The van der Waals surface area contributed by atoms with Crippen LogP contribution in [-0.2, 0) is 0 Å². The molecule has 0 aliphatic rings. The molecule has 0 saturated carbocycles. The minimum Gasteiger partial charge on any atom is -0.377 e. The van der Waals surface area contributed by atoms with Gasteiger partial charge < -0.3 is 5.32 Å². The lowest BCUT2D eigenvalue weighted by Crippen LogP contribution is -2.06. The summed E-state index contributed by atoms with van der Waals surface area (Å²) in [6.07, 6.45) is 0. The van der Waals surface area contributed by atoms with Crippen molar-refractivity contribution in [3.63, 3.8) is 0 Å². The Morgan fingerprint density at radius 1 is 1.26 bits per heavy atom. The molecule has 0 fully saturated rings. The molecule has 0 saturated heterocycles. The Bertz CT molecular complexity index is 607. The van der Waals surface area contributed by atoms with Crippen LogP contribution in [0.2, 0.25) is 0 Å². The number of aryl methyl sites for hydroxylation is 2. The Morgan fingerprint density at radius 2 is 2.00 bits per heavy atom. The number of rotatable bonds is 4. The largest absolute Gasteiger partial charge is 0.377 e. The second-order valence-corrected chi connectivity index (χ2v) is 5.89. The third-order valence-electron chi connectivity index (χ3n) is 2.98. The van der Waals surface area contributed by atoms with Gasteiger partial charge in [-0.25, -0.2) is 0 Å². The molecule has 19 heavy (non-hydrogen) atoms. The smallest absolute Gasteiger partial charge is 0.269 e. The first-order chi connectivity index (χ1) is 8.97. The molecule has 1 N–H and O–H groups in total. The van der Waals surface area contributed by atoms with Crippen LogP contribution in [0.3, 0.4) is 0 Å². The number of benzene rings is 1. The van der Waals surface area contributed by atoms with Crippen molar-refractivity contribution in [2.75, 3.05) is 5.32 Å². The number of thiophene rings is 1. The van der Waals surface area contributed by atoms with Crippen molar-refractivity contribution in [1.82, 2.24) is 0 Å². The van der Waals surface area contributed by atoms with Crippen LogP contribution in [0.25, 0.3) is 0 Å². The average Bonchev–Trinajstić information content (AvgIpc) is 2.78. The monoisotopic (exact) mass is 276 g/mol. The number of nitrogens with zero attached hydrogens (tertiary/aromatic N) is 1. The van der Waals surface area contributed by atoms with E-state index in [9.17, 15) is 10.1 Å². The van der Waals surface area contributed by atoms with Gasteiger partial charge in [0.2, 0.25) is 0 Å². The maximum absolute atomic E-state index is 10.7. The molecule has 0 bridgehead atoms. The molecule has 0 aliphatic carbocycles. The van der Waals surface area contributed by atoms with Gasteiger partial charge in [0.05, 0.1) is 11.0 Å². The number of nitro groups is 1. The molecule has 1 unspecified atom stereocenters. The van der Waals surface area contributed by atoms with Gasteiger partial charge in [0.1, 0.15) is 0 Å². The van der Waals surface area contributed by atoms with Gasteiger partial charge in [0, 0.05) is 27.6 Å². The Balaban J connectivity index is 2.17. The van der Waals surface area contributed by atoms with Crippen LogP contribution in [0.4, 0.5) is 11.4 Å². The van der Waals surface area contributed by atoms with Gasteiger partial charge in [-0.1, -0.05) is 0 Å². The summed E-state index contributed by atoms with van der Waals surface area (Å²) in [4.78, 5) is 12.9. The Kier molecular flexibility index (Phi) is 3.85. The van der Waals surface area contributed by atoms with E-state index in [4.69, 9.17) is 0 Å². The lowest BCUT2D eigenvalue weighted by Gasteiger charge is -2.15.